The van der Waals surface area contributed by atoms with Gasteiger partial charge in [0.25, 0.3) is 11.5 Å². The summed E-state index contributed by atoms with van der Waals surface area (Å²) in [7, 11) is 2.12. The van der Waals surface area contributed by atoms with Gasteiger partial charge in [-0.2, -0.15) is 0 Å². The van der Waals surface area contributed by atoms with Gasteiger partial charge in [0.2, 0.25) is 0 Å². The molecule has 2 atom stereocenters. The monoisotopic (exact) mass is 432 g/mol. The zero-order valence-electron chi connectivity index (χ0n) is 18.8. The molecule has 5 heterocycles. The summed E-state index contributed by atoms with van der Waals surface area (Å²) in [5.41, 5.74) is 4.05. The van der Waals surface area contributed by atoms with Crippen molar-refractivity contribution in [3.63, 3.8) is 0 Å². The zero-order chi connectivity index (χ0) is 22.4. The minimum absolute atomic E-state index is 0.0557. The van der Waals surface area contributed by atoms with E-state index in [4.69, 9.17) is 9.98 Å². The fourth-order valence-electron chi connectivity index (χ4n) is 4.75. The molecule has 0 saturated carbocycles. The highest BCUT2D eigenvalue weighted by Gasteiger charge is 2.32. The first-order chi connectivity index (χ1) is 15.4. The molecular weight excluding hydrogens is 404 g/mol. The Bertz CT molecular complexity index is 1230. The number of aliphatic imine (C=N–C) groups is 2. The van der Waals surface area contributed by atoms with Gasteiger partial charge in [-0.15, -0.1) is 0 Å². The van der Waals surface area contributed by atoms with Crippen LogP contribution >= 0.6 is 0 Å². The Kier molecular flexibility index (Phi) is 5.25. The van der Waals surface area contributed by atoms with Crippen LogP contribution in [0.15, 0.2) is 50.8 Å². The number of hydrogen-bond donors (Lipinski definition) is 0. The number of nitrogens with zero attached hydrogens (tertiary/aromatic N) is 6. The first-order valence-electron chi connectivity index (χ1n) is 11.2. The molecule has 8 heteroatoms. The van der Waals surface area contributed by atoms with E-state index in [0.29, 0.717) is 22.6 Å². The number of rotatable bonds is 2. The van der Waals surface area contributed by atoms with Crippen molar-refractivity contribution in [1.82, 2.24) is 14.3 Å². The largest absolute Gasteiger partial charge is 0.368 e. The van der Waals surface area contributed by atoms with Crippen molar-refractivity contribution in [3.8, 4) is 0 Å². The van der Waals surface area contributed by atoms with E-state index in [1.165, 1.54) is 6.07 Å². The second-order valence-electron chi connectivity index (χ2n) is 9.04. The van der Waals surface area contributed by atoms with E-state index in [1.54, 1.807) is 10.5 Å². The lowest BCUT2D eigenvalue weighted by Crippen LogP contribution is -2.44. The van der Waals surface area contributed by atoms with E-state index >= 15 is 0 Å². The quantitative estimate of drug-likeness (QED) is 0.725. The molecule has 1 saturated heterocycles. The highest BCUT2D eigenvalue weighted by molar-refractivity contribution is 6.14. The molecule has 5 rings (SSSR count). The molecule has 0 aromatic carbocycles. The molecule has 2 aromatic heterocycles. The summed E-state index contributed by atoms with van der Waals surface area (Å²) < 4.78 is 1.59. The molecule has 0 radical (unpaired) electrons. The van der Waals surface area contributed by atoms with Crippen LogP contribution in [0.5, 0.6) is 0 Å². The number of piperazine rings is 1. The molecule has 166 valence electrons. The highest BCUT2D eigenvalue weighted by Crippen LogP contribution is 2.31. The van der Waals surface area contributed by atoms with Crippen LogP contribution in [-0.2, 0) is 4.79 Å². The number of aromatic nitrogens is 2. The van der Waals surface area contributed by atoms with Crippen molar-refractivity contribution in [2.45, 2.75) is 32.7 Å². The Hall–Kier alpha value is -3.13. The molecule has 8 nitrogen and oxygen atoms in total. The standard InChI is InChI=1S/C24H28N6O2/c1-15-4-6-18-16(2)26-20(12-19(18)24(32)25-15)21-13-23(31)30-14-17(5-7-22(30)27-21)29-10-8-28(3)9-11-29/h5,7,12-14,16,18H,4,6,8-11H2,1-3H3. The Morgan fingerprint density at radius 1 is 1.09 bits per heavy atom. The second kappa shape index (κ2) is 8.09. The summed E-state index contributed by atoms with van der Waals surface area (Å²) in [6, 6.07) is 5.35. The van der Waals surface area contributed by atoms with Crippen molar-refractivity contribution < 1.29 is 4.79 Å². The Balaban J connectivity index is 1.50. The van der Waals surface area contributed by atoms with E-state index in [0.717, 1.165) is 50.4 Å². The number of carbonyl (C=O) groups excluding carboxylic acids is 1. The van der Waals surface area contributed by atoms with E-state index in [-0.39, 0.29) is 23.4 Å². The van der Waals surface area contributed by atoms with Crippen LogP contribution in [0.1, 0.15) is 32.4 Å². The molecule has 1 amide bonds. The number of carbonyl (C=O) groups is 1. The van der Waals surface area contributed by atoms with Gasteiger partial charge in [-0.05, 0) is 51.9 Å². The Morgan fingerprint density at radius 3 is 2.66 bits per heavy atom. The zero-order valence-corrected chi connectivity index (χ0v) is 18.8. The third-order valence-corrected chi connectivity index (χ3v) is 6.75. The van der Waals surface area contributed by atoms with Crippen LogP contribution in [0, 0.1) is 5.92 Å². The van der Waals surface area contributed by atoms with E-state index < -0.39 is 0 Å². The van der Waals surface area contributed by atoms with E-state index in [1.807, 2.05) is 32.2 Å². The maximum atomic E-state index is 13.0. The van der Waals surface area contributed by atoms with Crippen molar-refractivity contribution in [2.24, 2.45) is 15.9 Å². The molecule has 0 aliphatic carbocycles. The number of anilines is 1. The topological polar surface area (TPSA) is 82.6 Å². The SMILES string of the molecule is CC1=NC(=O)C2=CC(c3cc(=O)n4cc(N5CCN(C)CC5)ccc4n3)=NC(C)C2CC1. The minimum Gasteiger partial charge on any atom is -0.368 e. The average molecular weight is 433 g/mol. The Morgan fingerprint density at radius 2 is 1.88 bits per heavy atom. The lowest BCUT2D eigenvalue weighted by Gasteiger charge is -2.34. The maximum Gasteiger partial charge on any atom is 0.273 e. The van der Waals surface area contributed by atoms with Crippen LogP contribution in [-0.4, -0.2) is 70.9 Å². The van der Waals surface area contributed by atoms with E-state index in [2.05, 4.69) is 21.8 Å². The number of likely N-dealkylation sites (N-methyl/N-ethyl adjacent to an activating group) is 1. The van der Waals surface area contributed by atoms with Gasteiger partial charge in [0, 0.05) is 55.6 Å². The lowest BCUT2D eigenvalue weighted by molar-refractivity contribution is -0.114. The number of amides is 1. The fraction of sp³-hybridized carbons (Fsp3) is 0.458. The smallest absolute Gasteiger partial charge is 0.273 e. The number of hydrogen-bond acceptors (Lipinski definition) is 6. The molecule has 0 spiro atoms. The number of fused-ring (bicyclic) bond motifs is 2. The molecule has 0 bridgehead atoms. The van der Waals surface area contributed by atoms with Crippen LogP contribution < -0.4 is 10.5 Å². The van der Waals surface area contributed by atoms with Crippen LogP contribution in [0.4, 0.5) is 5.69 Å². The van der Waals surface area contributed by atoms with Crippen molar-refractivity contribution in [1.29, 1.82) is 0 Å². The van der Waals surface area contributed by atoms with Gasteiger partial charge in [-0.1, -0.05) is 0 Å². The van der Waals surface area contributed by atoms with Gasteiger partial charge >= 0.3 is 0 Å². The molecule has 3 aliphatic heterocycles. The molecule has 1 fully saturated rings. The number of pyridine rings is 1. The number of allylic oxidation sites excluding steroid dienone is 1. The molecule has 2 unspecified atom stereocenters. The molecule has 2 aromatic rings. The third kappa shape index (κ3) is 3.79. The average Bonchev–Trinajstić information content (AvgIpc) is 2.92. The third-order valence-electron chi connectivity index (χ3n) is 6.75. The van der Waals surface area contributed by atoms with Crippen molar-refractivity contribution in [3.05, 3.63) is 52.1 Å². The van der Waals surface area contributed by atoms with Crippen molar-refractivity contribution >= 4 is 28.7 Å². The first kappa shape index (κ1) is 20.8. The molecule has 32 heavy (non-hydrogen) atoms. The van der Waals surface area contributed by atoms with Crippen LogP contribution in [0.25, 0.3) is 5.65 Å². The predicted octanol–water partition coefficient (Wildman–Crippen LogP) is 1.96. The van der Waals surface area contributed by atoms with E-state index in [9.17, 15) is 9.59 Å². The fourth-order valence-corrected chi connectivity index (χ4v) is 4.75. The summed E-state index contributed by atoms with van der Waals surface area (Å²) >= 11 is 0. The lowest BCUT2D eigenvalue weighted by atomic mass is 9.85. The van der Waals surface area contributed by atoms with Gasteiger partial charge in [0.15, 0.2) is 0 Å². The van der Waals surface area contributed by atoms with Gasteiger partial charge in [-0.25, -0.2) is 9.98 Å². The first-order valence-corrected chi connectivity index (χ1v) is 11.2. The Labute approximate surface area is 187 Å². The van der Waals surface area contributed by atoms with Gasteiger partial charge in [-0.3, -0.25) is 19.0 Å². The second-order valence-corrected chi connectivity index (χ2v) is 9.04. The van der Waals surface area contributed by atoms with Gasteiger partial charge in [0.05, 0.1) is 23.1 Å². The molecular formula is C24H28N6O2. The summed E-state index contributed by atoms with van der Waals surface area (Å²) in [5.74, 6) is -0.140. The molecule has 0 N–H and O–H groups in total. The molecule has 3 aliphatic rings. The van der Waals surface area contributed by atoms with Gasteiger partial charge < -0.3 is 9.80 Å². The normalized spacial score (nSPS) is 24.5. The maximum absolute atomic E-state index is 13.0. The highest BCUT2D eigenvalue weighted by atomic mass is 16.1. The van der Waals surface area contributed by atoms with Gasteiger partial charge in [0.1, 0.15) is 5.65 Å². The summed E-state index contributed by atoms with van der Waals surface area (Å²) in [4.78, 5) is 44.0. The summed E-state index contributed by atoms with van der Waals surface area (Å²) in [6.45, 7) is 7.77. The summed E-state index contributed by atoms with van der Waals surface area (Å²) in [5, 5.41) is 0. The minimum atomic E-state index is -0.196. The van der Waals surface area contributed by atoms with Crippen molar-refractivity contribution in [2.75, 3.05) is 38.1 Å². The predicted molar refractivity (Wildman–Crippen MR) is 126 cm³/mol. The van der Waals surface area contributed by atoms with Crippen LogP contribution in [0.2, 0.25) is 0 Å². The number of dihydropyridines is 1. The van der Waals surface area contributed by atoms with Crippen LogP contribution in [0.3, 0.4) is 0 Å². The summed E-state index contributed by atoms with van der Waals surface area (Å²) in [6.07, 6.45) is 5.31.